The molecule has 0 N–H and O–H groups in total. The number of furan rings is 1. The number of rotatable bonds is 2. The van der Waals surface area contributed by atoms with E-state index in [0.29, 0.717) is 0 Å². The van der Waals surface area contributed by atoms with E-state index in [1.54, 1.807) is 17.6 Å². The van der Waals surface area contributed by atoms with Crippen molar-refractivity contribution in [1.29, 1.82) is 0 Å². The third-order valence-corrected chi connectivity index (χ3v) is 4.19. The van der Waals surface area contributed by atoms with Crippen LogP contribution in [0.15, 0.2) is 32.7 Å². The molecule has 1 atom stereocenters. The molecule has 4 heteroatoms. The molecule has 2 aromatic rings. The van der Waals surface area contributed by atoms with Gasteiger partial charge in [-0.25, -0.2) is 0 Å². The predicted molar refractivity (Wildman–Crippen MR) is 63.2 cm³/mol. The van der Waals surface area contributed by atoms with E-state index in [-0.39, 0.29) is 5.38 Å². The van der Waals surface area contributed by atoms with Crippen molar-refractivity contribution >= 4 is 38.9 Å². The Hall–Kier alpha value is -0.250. The Balaban J connectivity index is 2.28. The SMILES string of the molecule is Cc1cc(C(Cl)c2ccc(Br)s2)co1. The van der Waals surface area contributed by atoms with Crippen molar-refractivity contribution in [2.24, 2.45) is 0 Å². The third-order valence-electron chi connectivity index (χ3n) is 1.89. The number of aryl methyl sites for hydroxylation is 1. The van der Waals surface area contributed by atoms with E-state index in [1.807, 2.05) is 25.1 Å². The molecule has 1 nitrogen and oxygen atoms in total. The van der Waals surface area contributed by atoms with Crippen LogP contribution in [0.5, 0.6) is 0 Å². The maximum atomic E-state index is 6.29. The zero-order valence-electron chi connectivity index (χ0n) is 7.46. The molecule has 1 unspecified atom stereocenters. The molecule has 0 aliphatic carbocycles. The van der Waals surface area contributed by atoms with E-state index in [0.717, 1.165) is 20.0 Å². The van der Waals surface area contributed by atoms with Crippen molar-refractivity contribution < 1.29 is 4.42 Å². The van der Waals surface area contributed by atoms with Gasteiger partial charge in [-0.15, -0.1) is 22.9 Å². The molecule has 0 bridgehead atoms. The fourth-order valence-corrected chi connectivity index (χ4v) is 2.98. The lowest BCUT2D eigenvalue weighted by molar-refractivity contribution is 0.532. The topological polar surface area (TPSA) is 13.1 Å². The highest BCUT2D eigenvalue weighted by Crippen LogP contribution is 2.36. The zero-order chi connectivity index (χ0) is 10.1. The molecule has 14 heavy (non-hydrogen) atoms. The third kappa shape index (κ3) is 2.05. The van der Waals surface area contributed by atoms with E-state index in [1.165, 1.54) is 0 Å². The summed E-state index contributed by atoms with van der Waals surface area (Å²) in [5.41, 5.74) is 1.01. The summed E-state index contributed by atoms with van der Waals surface area (Å²) in [6.45, 7) is 1.91. The van der Waals surface area contributed by atoms with Crippen LogP contribution in [0.1, 0.15) is 21.6 Å². The van der Waals surface area contributed by atoms with Crippen molar-refractivity contribution in [3.8, 4) is 0 Å². The molecular formula is C10H8BrClOS. The molecule has 0 aromatic carbocycles. The minimum atomic E-state index is -0.108. The number of hydrogen-bond acceptors (Lipinski definition) is 2. The molecule has 0 fully saturated rings. The van der Waals surface area contributed by atoms with Crippen molar-refractivity contribution in [2.75, 3.05) is 0 Å². The Morgan fingerprint density at radius 3 is 2.79 bits per heavy atom. The molecule has 0 spiro atoms. The Kier molecular flexibility index (Phi) is 3.00. The van der Waals surface area contributed by atoms with Crippen LogP contribution in [0.2, 0.25) is 0 Å². The van der Waals surface area contributed by atoms with Gasteiger partial charge in [0.05, 0.1) is 15.4 Å². The highest BCUT2D eigenvalue weighted by atomic mass is 79.9. The van der Waals surface area contributed by atoms with Crippen LogP contribution < -0.4 is 0 Å². The highest BCUT2D eigenvalue weighted by Gasteiger charge is 2.14. The van der Waals surface area contributed by atoms with E-state index in [9.17, 15) is 0 Å². The van der Waals surface area contributed by atoms with Crippen LogP contribution in [-0.2, 0) is 0 Å². The van der Waals surface area contributed by atoms with Gasteiger partial charge in [-0.2, -0.15) is 0 Å². The first-order chi connectivity index (χ1) is 6.66. The maximum absolute atomic E-state index is 6.29. The summed E-state index contributed by atoms with van der Waals surface area (Å²) in [5.74, 6) is 0.890. The molecule has 0 radical (unpaired) electrons. The van der Waals surface area contributed by atoms with Crippen LogP contribution in [0.3, 0.4) is 0 Å². The van der Waals surface area contributed by atoms with E-state index < -0.39 is 0 Å². The van der Waals surface area contributed by atoms with Gasteiger partial charge in [-0.1, -0.05) is 0 Å². The van der Waals surface area contributed by atoms with Crippen LogP contribution in [-0.4, -0.2) is 0 Å². The zero-order valence-corrected chi connectivity index (χ0v) is 10.6. The van der Waals surface area contributed by atoms with Crippen LogP contribution in [0, 0.1) is 6.92 Å². The summed E-state index contributed by atoms with van der Waals surface area (Å²) in [6.07, 6.45) is 1.71. The summed E-state index contributed by atoms with van der Waals surface area (Å²) in [5, 5.41) is -0.108. The van der Waals surface area contributed by atoms with E-state index >= 15 is 0 Å². The Morgan fingerprint density at radius 2 is 2.29 bits per heavy atom. The van der Waals surface area contributed by atoms with Gasteiger partial charge in [0.2, 0.25) is 0 Å². The summed E-state index contributed by atoms with van der Waals surface area (Å²) in [6, 6.07) is 5.99. The van der Waals surface area contributed by atoms with Gasteiger partial charge in [0.15, 0.2) is 0 Å². The monoisotopic (exact) mass is 290 g/mol. The fraction of sp³-hybridized carbons (Fsp3) is 0.200. The highest BCUT2D eigenvalue weighted by molar-refractivity contribution is 9.11. The summed E-state index contributed by atoms with van der Waals surface area (Å²) >= 11 is 11.3. The van der Waals surface area contributed by atoms with E-state index in [2.05, 4.69) is 15.9 Å². The minimum absolute atomic E-state index is 0.108. The van der Waals surface area contributed by atoms with Crippen LogP contribution >= 0.6 is 38.9 Å². The smallest absolute Gasteiger partial charge is 0.101 e. The number of hydrogen-bond donors (Lipinski definition) is 0. The molecule has 0 saturated heterocycles. The lowest BCUT2D eigenvalue weighted by atomic mass is 10.2. The molecule has 2 heterocycles. The van der Waals surface area contributed by atoms with Gasteiger partial charge < -0.3 is 4.42 Å². The van der Waals surface area contributed by atoms with Gasteiger partial charge in [-0.3, -0.25) is 0 Å². The predicted octanol–water partition coefficient (Wildman–Crippen LogP) is 4.74. The molecular weight excluding hydrogens is 284 g/mol. The molecule has 0 saturated carbocycles. The molecule has 0 aliphatic heterocycles. The Morgan fingerprint density at radius 1 is 1.50 bits per heavy atom. The summed E-state index contributed by atoms with van der Waals surface area (Å²) in [4.78, 5) is 1.12. The first kappa shape index (κ1) is 10.3. The fourth-order valence-electron chi connectivity index (χ4n) is 1.23. The van der Waals surface area contributed by atoms with Crippen LogP contribution in [0.4, 0.5) is 0 Å². The average Bonchev–Trinajstić information content (AvgIpc) is 2.73. The van der Waals surface area contributed by atoms with Gasteiger partial charge in [-0.05, 0) is 41.1 Å². The van der Waals surface area contributed by atoms with Gasteiger partial charge >= 0.3 is 0 Å². The molecule has 2 rings (SSSR count). The van der Waals surface area contributed by atoms with Crippen molar-refractivity contribution in [3.05, 3.63) is 44.4 Å². The summed E-state index contributed by atoms with van der Waals surface area (Å²) in [7, 11) is 0. The van der Waals surface area contributed by atoms with Crippen molar-refractivity contribution in [2.45, 2.75) is 12.3 Å². The number of halogens is 2. The lowest BCUT2D eigenvalue weighted by Crippen LogP contribution is -1.85. The second kappa shape index (κ2) is 4.09. The van der Waals surface area contributed by atoms with Crippen molar-refractivity contribution in [1.82, 2.24) is 0 Å². The maximum Gasteiger partial charge on any atom is 0.101 e. The number of thiophene rings is 1. The van der Waals surface area contributed by atoms with Gasteiger partial charge in [0, 0.05) is 10.4 Å². The standard InChI is InChI=1S/C10H8BrClOS/c1-6-4-7(5-13-6)10(12)8-2-3-9(11)14-8/h2-5,10H,1H3. The first-order valence-corrected chi connectivity index (χ1v) is 6.16. The van der Waals surface area contributed by atoms with Crippen LogP contribution in [0.25, 0.3) is 0 Å². The minimum Gasteiger partial charge on any atom is -0.469 e. The second-order valence-corrected chi connectivity index (χ2v) is 5.93. The molecule has 2 aromatic heterocycles. The van der Waals surface area contributed by atoms with Gasteiger partial charge in [0.1, 0.15) is 5.76 Å². The molecule has 74 valence electrons. The Labute approximate surface area is 99.8 Å². The second-order valence-electron chi connectivity index (χ2n) is 3.00. The summed E-state index contributed by atoms with van der Waals surface area (Å²) < 4.78 is 6.32. The normalized spacial score (nSPS) is 13.1. The Bertz CT molecular complexity index is 395. The molecule has 0 aliphatic rings. The lowest BCUT2D eigenvalue weighted by Gasteiger charge is -2.02. The average molecular weight is 292 g/mol. The number of alkyl halides is 1. The van der Waals surface area contributed by atoms with Crippen molar-refractivity contribution in [3.63, 3.8) is 0 Å². The largest absolute Gasteiger partial charge is 0.469 e. The first-order valence-electron chi connectivity index (χ1n) is 4.11. The van der Waals surface area contributed by atoms with E-state index in [4.69, 9.17) is 16.0 Å². The van der Waals surface area contributed by atoms with Gasteiger partial charge in [0.25, 0.3) is 0 Å². The quantitative estimate of drug-likeness (QED) is 0.728. The molecule has 0 amide bonds.